The van der Waals surface area contributed by atoms with E-state index in [0.29, 0.717) is 17.7 Å². The lowest BCUT2D eigenvalue weighted by Crippen LogP contribution is -2.30. The largest absolute Gasteiger partial charge is 0.366 e. The Morgan fingerprint density at radius 1 is 1.32 bits per heavy atom. The molecule has 5 N–H and O–H groups in total. The number of amides is 2. The van der Waals surface area contributed by atoms with E-state index < -0.39 is 5.91 Å². The number of primary amides is 1. The molecule has 2 aromatic rings. The molecule has 7 nitrogen and oxygen atoms in total. The number of benzene rings is 1. The summed E-state index contributed by atoms with van der Waals surface area (Å²) >= 11 is 0. The van der Waals surface area contributed by atoms with E-state index in [2.05, 4.69) is 10.5 Å². The number of nitrogen functional groups attached to an aromatic ring is 1. The third-order valence-electron chi connectivity index (χ3n) is 2.58. The molecule has 0 radical (unpaired) electrons. The summed E-state index contributed by atoms with van der Waals surface area (Å²) in [6.45, 7) is 0.430. The Bertz CT molecular complexity index is 620. The van der Waals surface area contributed by atoms with Gasteiger partial charge in [-0.1, -0.05) is 12.1 Å². The number of rotatable bonds is 4. The molecule has 1 aromatic carbocycles. The summed E-state index contributed by atoms with van der Waals surface area (Å²) in [5.74, 6) is 4.19. The van der Waals surface area contributed by atoms with Crippen LogP contribution in [0.5, 0.6) is 0 Å². The van der Waals surface area contributed by atoms with Crippen LogP contribution >= 0.6 is 0 Å². The molecule has 2 amide bonds. The smallest absolute Gasteiger partial charge is 0.265 e. The first-order chi connectivity index (χ1) is 9.10. The standard InChI is InChI=1S/C12H13N5O2/c13-11(18)10-5-15-17(7-10)6-8-2-1-3-9(4-8)12(19)16-14/h1-5,7H,6,14H2,(H2,13,18)(H,16,19). The van der Waals surface area contributed by atoms with Gasteiger partial charge in [0.1, 0.15) is 0 Å². The maximum absolute atomic E-state index is 11.4. The van der Waals surface area contributed by atoms with Crippen LogP contribution in [0, 0.1) is 0 Å². The van der Waals surface area contributed by atoms with E-state index in [4.69, 9.17) is 11.6 Å². The maximum atomic E-state index is 11.4. The number of nitrogens with zero attached hydrogens (tertiary/aromatic N) is 2. The van der Waals surface area contributed by atoms with Crippen LogP contribution in [-0.4, -0.2) is 21.6 Å². The molecule has 98 valence electrons. The van der Waals surface area contributed by atoms with Gasteiger partial charge in [-0.2, -0.15) is 5.10 Å². The van der Waals surface area contributed by atoms with Gasteiger partial charge in [-0.05, 0) is 17.7 Å². The molecule has 0 unspecified atom stereocenters. The van der Waals surface area contributed by atoms with Crippen LogP contribution in [0.25, 0.3) is 0 Å². The minimum absolute atomic E-state index is 0.343. The first-order valence-electron chi connectivity index (χ1n) is 5.52. The Labute approximate surface area is 109 Å². The monoisotopic (exact) mass is 259 g/mol. The van der Waals surface area contributed by atoms with Crippen molar-refractivity contribution in [2.24, 2.45) is 11.6 Å². The van der Waals surface area contributed by atoms with Crippen LogP contribution in [-0.2, 0) is 6.54 Å². The molecule has 0 fully saturated rings. The van der Waals surface area contributed by atoms with Crippen molar-refractivity contribution in [2.45, 2.75) is 6.54 Å². The van der Waals surface area contributed by atoms with Crippen LogP contribution in [0.2, 0.25) is 0 Å². The Kier molecular flexibility index (Phi) is 3.58. The highest BCUT2D eigenvalue weighted by Crippen LogP contribution is 2.07. The fourth-order valence-corrected chi connectivity index (χ4v) is 1.66. The van der Waals surface area contributed by atoms with Crippen molar-refractivity contribution in [1.29, 1.82) is 0 Å². The van der Waals surface area contributed by atoms with Crippen LogP contribution in [0.3, 0.4) is 0 Å². The lowest BCUT2D eigenvalue weighted by atomic mass is 10.1. The second-order valence-electron chi connectivity index (χ2n) is 3.96. The van der Waals surface area contributed by atoms with Gasteiger partial charge in [0.25, 0.3) is 11.8 Å². The minimum Gasteiger partial charge on any atom is -0.366 e. The summed E-state index contributed by atoms with van der Waals surface area (Å²) in [5.41, 5.74) is 8.88. The van der Waals surface area contributed by atoms with E-state index in [0.717, 1.165) is 5.56 Å². The Hall–Kier alpha value is -2.67. The van der Waals surface area contributed by atoms with Crippen molar-refractivity contribution in [3.05, 3.63) is 53.3 Å². The highest BCUT2D eigenvalue weighted by Gasteiger charge is 2.07. The summed E-state index contributed by atoms with van der Waals surface area (Å²) in [7, 11) is 0. The fraction of sp³-hybridized carbons (Fsp3) is 0.0833. The normalized spacial score (nSPS) is 10.2. The molecule has 0 aliphatic heterocycles. The predicted molar refractivity (Wildman–Crippen MR) is 67.9 cm³/mol. The summed E-state index contributed by atoms with van der Waals surface area (Å²) in [6, 6.07) is 6.95. The van der Waals surface area contributed by atoms with E-state index in [1.807, 2.05) is 6.07 Å². The second kappa shape index (κ2) is 5.32. The summed E-state index contributed by atoms with van der Waals surface area (Å²) in [6.07, 6.45) is 2.96. The fourth-order valence-electron chi connectivity index (χ4n) is 1.66. The maximum Gasteiger partial charge on any atom is 0.265 e. The zero-order chi connectivity index (χ0) is 13.8. The van der Waals surface area contributed by atoms with Gasteiger partial charge in [-0.3, -0.25) is 19.7 Å². The van der Waals surface area contributed by atoms with E-state index in [9.17, 15) is 9.59 Å². The SMILES string of the molecule is NNC(=O)c1cccc(Cn2cc(C(N)=O)cn2)c1. The number of aromatic nitrogens is 2. The molecule has 7 heteroatoms. The van der Waals surface area contributed by atoms with Crippen LogP contribution in [0.4, 0.5) is 0 Å². The average molecular weight is 259 g/mol. The molecule has 0 aliphatic rings. The third kappa shape index (κ3) is 2.96. The molecule has 1 aromatic heterocycles. The van der Waals surface area contributed by atoms with Crippen LogP contribution < -0.4 is 17.0 Å². The molecule has 0 aliphatic carbocycles. The molecule has 0 atom stereocenters. The van der Waals surface area contributed by atoms with Crippen LogP contribution in [0.1, 0.15) is 26.3 Å². The Morgan fingerprint density at radius 3 is 2.74 bits per heavy atom. The van der Waals surface area contributed by atoms with E-state index in [-0.39, 0.29) is 5.91 Å². The highest BCUT2D eigenvalue weighted by atomic mass is 16.2. The quantitative estimate of drug-likeness (QED) is 0.394. The minimum atomic E-state index is -0.525. The van der Waals surface area contributed by atoms with Crippen molar-refractivity contribution in [3.8, 4) is 0 Å². The van der Waals surface area contributed by atoms with Crippen molar-refractivity contribution in [3.63, 3.8) is 0 Å². The van der Waals surface area contributed by atoms with E-state index >= 15 is 0 Å². The molecule has 0 spiro atoms. The summed E-state index contributed by atoms with van der Waals surface area (Å²) in [5, 5.41) is 4.02. The third-order valence-corrected chi connectivity index (χ3v) is 2.58. The van der Waals surface area contributed by atoms with E-state index in [1.54, 1.807) is 29.1 Å². The number of carbonyl (C=O) groups is 2. The Morgan fingerprint density at radius 2 is 2.11 bits per heavy atom. The summed E-state index contributed by atoms with van der Waals surface area (Å²) < 4.78 is 1.57. The first kappa shape index (κ1) is 12.8. The van der Waals surface area contributed by atoms with Gasteiger partial charge in [0.05, 0.1) is 18.3 Å². The second-order valence-corrected chi connectivity index (χ2v) is 3.96. The molecule has 0 saturated carbocycles. The van der Waals surface area contributed by atoms with E-state index in [1.165, 1.54) is 6.20 Å². The number of nitrogens with one attached hydrogen (secondary N) is 1. The lowest BCUT2D eigenvalue weighted by Gasteiger charge is -2.04. The number of carbonyl (C=O) groups excluding carboxylic acids is 2. The van der Waals surface area contributed by atoms with Gasteiger partial charge in [0.2, 0.25) is 0 Å². The van der Waals surface area contributed by atoms with Gasteiger partial charge < -0.3 is 5.73 Å². The van der Waals surface area contributed by atoms with Gasteiger partial charge >= 0.3 is 0 Å². The number of hydrogen-bond donors (Lipinski definition) is 3. The zero-order valence-corrected chi connectivity index (χ0v) is 10.0. The highest BCUT2D eigenvalue weighted by molar-refractivity contribution is 5.94. The van der Waals surface area contributed by atoms with Crippen molar-refractivity contribution >= 4 is 11.8 Å². The van der Waals surface area contributed by atoms with Crippen LogP contribution in [0.15, 0.2) is 36.7 Å². The lowest BCUT2D eigenvalue weighted by molar-refractivity contribution is 0.0952. The van der Waals surface area contributed by atoms with Gasteiger partial charge in [-0.15, -0.1) is 0 Å². The van der Waals surface area contributed by atoms with Crippen molar-refractivity contribution < 1.29 is 9.59 Å². The number of nitrogens with two attached hydrogens (primary N) is 2. The summed E-state index contributed by atoms with van der Waals surface area (Å²) in [4.78, 5) is 22.3. The van der Waals surface area contributed by atoms with Gasteiger partial charge in [0, 0.05) is 11.8 Å². The molecule has 1 heterocycles. The molecular weight excluding hydrogens is 246 g/mol. The molecule has 0 bridgehead atoms. The molecule has 2 rings (SSSR count). The molecule has 0 saturated heterocycles. The average Bonchev–Trinajstić information content (AvgIpc) is 2.87. The van der Waals surface area contributed by atoms with Crippen molar-refractivity contribution in [1.82, 2.24) is 15.2 Å². The van der Waals surface area contributed by atoms with Gasteiger partial charge in [0.15, 0.2) is 0 Å². The predicted octanol–water partition coefficient (Wildman–Crippen LogP) is -0.366. The first-order valence-corrected chi connectivity index (χ1v) is 5.52. The molecular formula is C12H13N5O2. The number of hydrogen-bond acceptors (Lipinski definition) is 4. The number of hydrazine groups is 1. The topological polar surface area (TPSA) is 116 Å². The molecule has 19 heavy (non-hydrogen) atoms. The zero-order valence-electron chi connectivity index (χ0n) is 10.0. The van der Waals surface area contributed by atoms with Crippen molar-refractivity contribution in [2.75, 3.05) is 0 Å². The van der Waals surface area contributed by atoms with Gasteiger partial charge in [-0.25, -0.2) is 5.84 Å². The Balaban J connectivity index is 2.18.